The van der Waals surface area contributed by atoms with Crippen LogP contribution in [0.1, 0.15) is 91.9 Å². The molecular formula is C18H34O4. The van der Waals surface area contributed by atoms with Gasteiger partial charge in [0, 0.05) is 0 Å². The average Bonchev–Trinajstić information content (AvgIpc) is 2.45. The van der Waals surface area contributed by atoms with Gasteiger partial charge in [0.25, 0.3) is 0 Å². The topological polar surface area (TPSA) is 63.6 Å². The molecule has 4 nitrogen and oxygen atoms in total. The van der Waals surface area contributed by atoms with Crippen molar-refractivity contribution in [3.8, 4) is 0 Å². The van der Waals surface area contributed by atoms with E-state index in [0.717, 1.165) is 19.3 Å². The number of ketones is 1. The number of aliphatic hydroxyl groups is 1. The Morgan fingerprint density at radius 3 is 1.91 bits per heavy atom. The maximum atomic E-state index is 11.7. The fraction of sp³-hybridized carbons (Fsp3) is 0.889. The zero-order chi connectivity index (χ0) is 17.0. The van der Waals surface area contributed by atoms with E-state index in [2.05, 4.69) is 6.92 Å². The van der Waals surface area contributed by atoms with Gasteiger partial charge in [-0.1, -0.05) is 58.3 Å². The van der Waals surface area contributed by atoms with Gasteiger partial charge in [-0.05, 0) is 33.6 Å². The Kier molecular flexibility index (Phi) is 11.2. The van der Waals surface area contributed by atoms with Crippen molar-refractivity contribution in [2.75, 3.05) is 0 Å². The third-order valence-corrected chi connectivity index (χ3v) is 4.11. The van der Waals surface area contributed by atoms with Gasteiger partial charge in [0.2, 0.25) is 5.60 Å². The number of rotatable bonds is 13. The van der Waals surface area contributed by atoms with Crippen LogP contribution in [0.15, 0.2) is 0 Å². The summed E-state index contributed by atoms with van der Waals surface area (Å²) in [5, 5.41) is 9.72. The summed E-state index contributed by atoms with van der Waals surface area (Å²) in [6.45, 7) is 6.40. The number of unbranched alkanes of at least 4 members (excludes halogenated alkanes) is 8. The first-order valence-corrected chi connectivity index (χ1v) is 8.76. The van der Waals surface area contributed by atoms with Crippen molar-refractivity contribution < 1.29 is 19.4 Å². The molecule has 1 N–H and O–H groups in total. The van der Waals surface area contributed by atoms with Crippen molar-refractivity contribution >= 4 is 11.8 Å². The van der Waals surface area contributed by atoms with Crippen LogP contribution >= 0.6 is 0 Å². The van der Waals surface area contributed by atoms with Crippen LogP contribution in [0.25, 0.3) is 0 Å². The van der Waals surface area contributed by atoms with Gasteiger partial charge in [0.1, 0.15) is 0 Å². The summed E-state index contributed by atoms with van der Waals surface area (Å²) < 4.78 is 5.14. The number of esters is 1. The highest BCUT2D eigenvalue weighted by molar-refractivity contribution is 6.05. The van der Waals surface area contributed by atoms with Gasteiger partial charge in [-0.2, -0.15) is 0 Å². The van der Waals surface area contributed by atoms with Crippen molar-refractivity contribution in [3.05, 3.63) is 0 Å². The van der Waals surface area contributed by atoms with Crippen molar-refractivity contribution in [1.82, 2.24) is 0 Å². The second-order valence-electron chi connectivity index (χ2n) is 6.46. The first-order chi connectivity index (χ1) is 10.3. The minimum atomic E-state index is -2.02. The van der Waals surface area contributed by atoms with Crippen LogP contribution in [0.2, 0.25) is 0 Å². The molecular weight excluding hydrogens is 280 g/mol. The summed E-state index contributed by atoms with van der Waals surface area (Å²) in [4.78, 5) is 22.8. The van der Waals surface area contributed by atoms with Crippen LogP contribution in [-0.2, 0) is 14.3 Å². The highest BCUT2D eigenvalue weighted by Gasteiger charge is 2.38. The Morgan fingerprint density at radius 1 is 1.00 bits per heavy atom. The summed E-state index contributed by atoms with van der Waals surface area (Å²) >= 11 is 0. The SMILES string of the molecule is CCCCCCCCCCC[C@H](C)OC(=O)[C@@](C)(O)C(C)=O. The zero-order valence-electron chi connectivity index (χ0n) is 14.8. The molecule has 0 radical (unpaired) electrons. The van der Waals surface area contributed by atoms with Crippen LogP contribution in [0.3, 0.4) is 0 Å². The van der Waals surface area contributed by atoms with E-state index < -0.39 is 17.4 Å². The molecule has 0 aromatic heterocycles. The normalized spacial score (nSPS) is 15.1. The molecule has 0 saturated carbocycles. The third kappa shape index (κ3) is 9.19. The first kappa shape index (κ1) is 21.1. The second kappa shape index (κ2) is 11.6. The number of hydrogen-bond donors (Lipinski definition) is 1. The molecule has 2 atom stereocenters. The van der Waals surface area contributed by atoms with Crippen molar-refractivity contribution in [3.63, 3.8) is 0 Å². The number of ether oxygens (including phenoxy) is 1. The average molecular weight is 314 g/mol. The zero-order valence-corrected chi connectivity index (χ0v) is 14.8. The number of carbonyl (C=O) groups is 2. The quantitative estimate of drug-likeness (QED) is 0.315. The number of carbonyl (C=O) groups excluding carboxylic acids is 2. The highest BCUT2D eigenvalue weighted by atomic mass is 16.6. The molecule has 22 heavy (non-hydrogen) atoms. The summed E-state index contributed by atoms with van der Waals surface area (Å²) in [5.41, 5.74) is -2.02. The molecule has 0 aliphatic carbocycles. The largest absolute Gasteiger partial charge is 0.460 e. The van der Waals surface area contributed by atoms with Crippen molar-refractivity contribution in [2.24, 2.45) is 0 Å². The molecule has 0 aromatic rings. The standard InChI is InChI=1S/C18H34O4/c1-5-6-7-8-9-10-11-12-13-14-15(2)22-17(20)18(4,21)16(3)19/h15,21H,5-14H2,1-4H3/t15-,18-/m0/s1. The maximum absolute atomic E-state index is 11.7. The van der Waals surface area contributed by atoms with Crippen molar-refractivity contribution in [1.29, 1.82) is 0 Å². The molecule has 0 amide bonds. The minimum Gasteiger partial charge on any atom is -0.460 e. The molecule has 0 bridgehead atoms. The molecule has 0 aliphatic rings. The van der Waals surface area contributed by atoms with Gasteiger partial charge >= 0.3 is 5.97 Å². The second-order valence-corrected chi connectivity index (χ2v) is 6.46. The van der Waals surface area contributed by atoms with Gasteiger partial charge in [-0.15, -0.1) is 0 Å². The highest BCUT2D eigenvalue weighted by Crippen LogP contribution is 2.14. The van der Waals surface area contributed by atoms with Gasteiger partial charge in [0.05, 0.1) is 6.10 Å². The smallest absolute Gasteiger partial charge is 0.345 e. The molecule has 0 aromatic carbocycles. The monoisotopic (exact) mass is 314 g/mol. The summed E-state index contributed by atoms with van der Waals surface area (Å²) in [6.07, 6.45) is 11.8. The van der Waals surface area contributed by atoms with Crippen LogP contribution < -0.4 is 0 Å². The molecule has 130 valence electrons. The van der Waals surface area contributed by atoms with E-state index >= 15 is 0 Å². The fourth-order valence-corrected chi connectivity index (χ4v) is 2.24. The van der Waals surface area contributed by atoms with E-state index in [1.807, 2.05) is 0 Å². The lowest BCUT2D eigenvalue weighted by atomic mass is 10.0. The van der Waals surface area contributed by atoms with Crippen LogP contribution in [0.4, 0.5) is 0 Å². The Hall–Kier alpha value is -0.900. The molecule has 0 rings (SSSR count). The lowest BCUT2D eigenvalue weighted by Gasteiger charge is -2.21. The van der Waals surface area contributed by atoms with E-state index in [9.17, 15) is 14.7 Å². The summed E-state index contributed by atoms with van der Waals surface area (Å²) in [7, 11) is 0. The van der Waals surface area contributed by atoms with Crippen LogP contribution in [-0.4, -0.2) is 28.6 Å². The Balaban J connectivity index is 3.64. The van der Waals surface area contributed by atoms with Crippen molar-refractivity contribution in [2.45, 2.75) is 104 Å². The van der Waals surface area contributed by atoms with E-state index in [-0.39, 0.29) is 6.10 Å². The molecule has 0 aliphatic heterocycles. The first-order valence-electron chi connectivity index (χ1n) is 8.76. The Morgan fingerprint density at radius 2 is 1.45 bits per heavy atom. The van der Waals surface area contributed by atoms with E-state index in [0.29, 0.717) is 0 Å². The summed E-state index contributed by atoms with van der Waals surface area (Å²) in [5.74, 6) is -1.43. The predicted molar refractivity (Wildman–Crippen MR) is 88.7 cm³/mol. The molecule has 0 saturated heterocycles. The van der Waals surface area contributed by atoms with Gasteiger partial charge < -0.3 is 9.84 Å². The third-order valence-electron chi connectivity index (χ3n) is 4.11. The predicted octanol–water partition coefficient (Wildman–Crippen LogP) is 4.18. The number of Topliss-reactive ketones (excluding diaryl/α,β-unsaturated/α-hetero) is 1. The summed E-state index contributed by atoms with van der Waals surface area (Å²) in [6, 6.07) is 0. The van der Waals surface area contributed by atoms with Gasteiger partial charge in [-0.25, -0.2) is 4.79 Å². The van der Waals surface area contributed by atoms with E-state index in [1.54, 1.807) is 6.92 Å². The number of hydrogen-bond acceptors (Lipinski definition) is 4. The van der Waals surface area contributed by atoms with E-state index in [1.165, 1.54) is 58.8 Å². The van der Waals surface area contributed by atoms with Crippen LogP contribution in [0.5, 0.6) is 0 Å². The molecule has 0 fully saturated rings. The van der Waals surface area contributed by atoms with E-state index in [4.69, 9.17) is 4.74 Å². The minimum absolute atomic E-state index is 0.261. The lowest BCUT2D eigenvalue weighted by Crippen LogP contribution is -2.44. The Labute approximate surface area is 135 Å². The van der Waals surface area contributed by atoms with Crippen LogP contribution in [0, 0.1) is 0 Å². The molecule has 0 heterocycles. The molecule has 0 spiro atoms. The fourth-order valence-electron chi connectivity index (χ4n) is 2.24. The molecule has 4 heteroatoms. The van der Waals surface area contributed by atoms with Gasteiger partial charge in [-0.3, -0.25) is 4.79 Å². The molecule has 0 unspecified atom stereocenters. The lowest BCUT2D eigenvalue weighted by molar-refractivity contribution is -0.172. The Bertz CT molecular complexity index is 323. The maximum Gasteiger partial charge on any atom is 0.345 e. The van der Waals surface area contributed by atoms with Gasteiger partial charge in [0.15, 0.2) is 5.78 Å².